The fourth-order valence-corrected chi connectivity index (χ4v) is 5.01. The summed E-state index contributed by atoms with van der Waals surface area (Å²) >= 11 is 0. The Balaban J connectivity index is 1.45. The third-order valence-corrected chi connectivity index (χ3v) is 7.05. The largest absolute Gasteiger partial charge is 0.508 e. The van der Waals surface area contributed by atoms with Crippen molar-refractivity contribution in [2.45, 2.75) is 84.0 Å². The van der Waals surface area contributed by atoms with Crippen LogP contribution in [0.2, 0.25) is 0 Å². The number of aromatic nitrogens is 3. The van der Waals surface area contributed by atoms with E-state index in [0.717, 1.165) is 41.8 Å². The minimum Gasteiger partial charge on any atom is -0.508 e. The average molecular weight is 490 g/mol. The minimum atomic E-state index is -0.160. The molecule has 0 radical (unpaired) electrons. The normalized spacial score (nSPS) is 14.4. The fourth-order valence-electron chi connectivity index (χ4n) is 5.01. The zero-order valence-corrected chi connectivity index (χ0v) is 22.3. The predicted molar refractivity (Wildman–Crippen MR) is 142 cm³/mol. The summed E-state index contributed by atoms with van der Waals surface area (Å²) in [5.41, 5.74) is 6.41. The molecule has 0 saturated carbocycles. The summed E-state index contributed by atoms with van der Waals surface area (Å²) < 4.78 is 7.81. The fraction of sp³-hybridized carbons (Fsp3) is 0.500. The second-order valence-electron chi connectivity index (χ2n) is 11.1. The van der Waals surface area contributed by atoms with Gasteiger partial charge in [-0.15, -0.1) is 0 Å². The van der Waals surface area contributed by atoms with Gasteiger partial charge in [0.2, 0.25) is 5.88 Å². The molecule has 2 aromatic heterocycles. The molecule has 6 nitrogen and oxygen atoms in total. The third-order valence-electron chi connectivity index (χ3n) is 7.05. The molecule has 2 heterocycles. The van der Waals surface area contributed by atoms with Crippen LogP contribution in [-0.4, -0.2) is 32.3 Å². The first-order valence-corrected chi connectivity index (χ1v) is 13.1. The molecule has 4 rings (SSSR count). The minimum absolute atomic E-state index is 0.0534. The lowest BCUT2D eigenvalue weighted by atomic mass is 9.82. The molecule has 0 fully saturated rings. The predicted octanol–water partition coefficient (Wildman–Crippen LogP) is 5.62. The van der Waals surface area contributed by atoms with E-state index in [1.54, 1.807) is 17.7 Å². The van der Waals surface area contributed by atoms with Crippen LogP contribution in [0.15, 0.2) is 36.4 Å². The molecule has 0 bridgehead atoms. The number of aryl methyl sites for hydroxylation is 3. The van der Waals surface area contributed by atoms with Crippen molar-refractivity contribution in [3.05, 3.63) is 70.2 Å². The summed E-state index contributed by atoms with van der Waals surface area (Å²) in [6.45, 7) is 8.55. The number of ether oxygens (including phenoxy) is 1. The van der Waals surface area contributed by atoms with Gasteiger partial charge in [0.1, 0.15) is 11.5 Å². The number of ketones is 1. The lowest BCUT2D eigenvalue weighted by Crippen LogP contribution is -2.14. The monoisotopic (exact) mass is 489 g/mol. The molecule has 1 aliphatic rings. The molecule has 192 valence electrons. The van der Waals surface area contributed by atoms with Crippen molar-refractivity contribution in [1.82, 2.24) is 14.8 Å². The number of phenols is 1. The number of hydrogen-bond donors (Lipinski definition) is 1. The van der Waals surface area contributed by atoms with Gasteiger partial charge in [0.05, 0.1) is 12.3 Å². The number of nitrogens with zero attached hydrogens (tertiary/aromatic N) is 3. The zero-order chi connectivity index (χ0) is 25.9. The van der Waals surface area contributed by atoms with Gasteiger partial charge in [0.15, 0.2) is 0 Å². The Hall–Kier alpha value is -3.15. The van der Waals surface area contributed by atoms with Crippen molar-refractivity contribution in [1.29, 1.82) is 0 Å². The van der Waals surface area contributed by atoms with E-state index in [1.807, 2.05) is 25.2 Å². The summed E-state index contributed by atoms with van der Waals surface area (Å²) in [5.74, 6) is 0.842. The number of phenolic OH excluding ortho intramolecular Hbond substituents is 1. The van der Waals surface area contributed by atoms with Gasteiger partial charge in [0, 0.05) is 37.3 Å². The smallest absolute Gasteiger partial charge is 0.211 e. The Morgan fingerprint density at radius 2 is 1.89 bits per heavy atom. The second kappa shape index (κ2) is 10.9. The summed E-state index contributed by atoms with van der Waals surface area (Å²) in [6, 6.07) is 12.0. The molecule has 1 atom stereocenters. The highest BCUT2D eigenvalue weighted by atomic mass is 16.5. The van der Waals surface area contributed by atoms with Crippen LogP contribution in [0.1, 0.15) is 86.6 Å². The Kier molecular flexibility index (Phi) is 7.82. The Morgan fingerprint density at radius 1 is 1.11 bits per heavy atom. The zero-order valence-electron chi connectivity index (χ0n) is 22.3. The van der Waals surface area contributed by atoms with E-state index in [4.69, 9.17) is 9.72 Å². The summed E-state index contributed by atoms with van der Waals surface area (Å²) in [7, 11) is 1.87. The number of aromatic hydroxyl groups is 1. The molecule has 36 heavy (non-hydrogen) atoms. The number of carbonyl (C=O) groups excluding carboxylic acids is 1. The van der Waals surface area contributed by atoms with Crippen LogP contribution < -0.4 is 4.74 Å². The van der Waals surface area contributed by atoms with Gasteiger partial charge in [0.25, 0.3) is 0 Å². The summed E-state index contributed by atoms with van der Waals surface area (Å²) in [6.07, 6.45) is 6.33. The van der Waals surface area contributed by atoms with Crippen LogP contribution in [-0.2, 0) is 42.9 Å². The number of rotatable bonds is 9. The first-order valence-electron chi connectivity index (χ1n) is 13.1. The first-order chi connectivity index (χ1) is 17.1. The molecule has 0 saturated heterocycles. The molecular formula is C30H39N3O3. The standard InChI is InChI=1S/C30H39N3O3/c1-20(34)16-22(26-18-23(30(2,3)4)11-13-28(26)35)17-25-19-29(33(5)32-25)36-15-14-24-12-10-21-8-6-7-9-27(21)31-24/h10-13,18-19,22,35H,6-9,14-17H2,1-5H3. The van der Waals surface area contributed by atoms with Gasteiger partial charge in [-0.3, -0.25) is 4.98 Å². The molecule has 1 aromatic carbocycles. The van der Waals surface area contributed by atoms with Crippen molar-refractivity contribution in [2.75, 3.05) is 6.61 Å². The van der Waals surface area contributed by atoms with Crippen molar-refractivity contribution in [3.8, 4) is 11.6 Å². The number of carbonyl (C=O) groups is 1. The summed E-state index contributed by atoms with van der Waals surface area (Å²) in [5, 5.41) is 15.3. The van der Waals surface area contributed by atoms with E-state index in [9.17, 15) is 9.90 Å². The van der Waals surface area contributed by atoms with E-state index in [2.05, 4.69) is 38.0 Å². The highest BCUT2D eigenvalue weighted by molar-refractivity contribution is 5.76. The Labute approximate surface area is 214 Å². The van der Waals surface area contributed by atoms with Gasteiger partial charge >= 0.3 is 0 Å². The molecule has 1 unspecified atom stereocenters. The molecule has 6 heteroatoms. The average Bonchev–Trinajstić information content (AvgIpc) is 3.16. The van der Waals surface area contributed by atoms with Crippen LogP contribution in [0, 0.1) is 0 Å². The molecular weight excluding hydrogens is 450 g/mol. The summed E-state index contributed by atoms with van der Waals surface area (Å²) in [4.78, 5) is 17.0. The van der Waals surface area contributed by atoms with E-state index in [1.165, 1.54) is 24.1 Å². The first kappa shape index (κ1) is 25.9. The van der Waals surface area contributed by atoms with E-state index in [0.29, 0.717) is 25.3 Å². The number of Topliss-reactive ketones (excluding diaryl/α,β-unsaturated/α-hetero) is 1. The SMILES string of the molecule is CC(=O)CC(Cc1cc(OCCc2ccc3c(n2)CCCC3)n(C)n1)c1cc(C(C)(C)C)ccc1O. The van der Waals surface area contributed by atoms with Crippen molar-refractivity contribution in [3.63, 3.8) is 0 Å². The van der Waals surface area contributed by atoms with Gasteiger partial charge in [-0.2, -0.15) is 5.10 Å². The third kappa shape index (κ3) is 6.34. The van der Waals surface area contributed by atoms with Crippen LogP contribution in [0.5, 0.6) is 11.6 Å². The number of pyridine rings is 1. The topological polar surface area (TPSA) is 77.2 Å². The highest BCUT2D eigenvalue weighted by Crippen LogP contribution is 2.35. The molecule has 0 amide bonds. The van der Waals surface area contributed by atoms with Crippen molar-refractivity contribution >= 4 is 5.78 Å². The van der Waals surface area contributed by atoms with Crippen LogP contribution in [0.25, 0.3) is 0 Å². The van der Waals surface area contributed by atoms with Gasteiger partial charge in [-0.1, -0.05) is 39.0 Å². The number of hydrogen-bond acceptors (Lipinski definition) is 5. The van der Waals surface area contributed by atoms with Crippen LogP contribution in [0.3, 0.4) is 0 Å². The van der Waals surface area contributed by atoms with Crippen LogP contribution >= 0.6 is 0 Å². The lowest BCUT2D eigenvalue weighted by Gasteiger charge is -2.23. The molecule has 0 spiro atoms. The molecule has 1 aliphatic carbocycles. The number of benzene rings is 1. The van der Waals surface area contributed by atoms with Crippen LogP contribution in [0.4, 0.5) is 0 Å². The highest BCUT2D eigenvalue weighted by Gasteiger charge is 2.23. The van der Waals surface area contributed by atoms with E-state index in [-0.39, 0.29) is 22.9 Å². The molecule has 0 aliphatic heterocycles. The Morgan fingerprint density at radius 3 is 2.64 bits per heavy atom. The Bertz CT molecular complexity index is 1220. The van der Waals surface area contributed by atoms with Gasteiger partial charge in [-0.05, 0) is 79.2 Å². The molecule has 3 aromatic rings. The van der Waals surface area contributed by atoms with Gasteiger partial charge in [-0.25, -0.2) is 4.68 Å². The maximum atomic E-state index is 12.1. The van der Waals surface area contributed by atoms with Crippen molar-refractivity contribution < 1.29 is 14.6 Å². The lowest BCUT2D eigenvalue weighted by molar-refractivity contribution is -0.117. The maximum absolute atomic E-state index is 12.1. The van der Waals surface area contributed by atoms with Gasteiger partial charge < -0.3 is 14.6 Å². The second-order valence-corrected chi connectivity index (χ2v) is 11.1. The quantitative estimate of drug-likeness (QED) is 0.422. The maximum Gasteiger partial charge on any atom is 0.211 e. The number of fused-ring (bicyclic) bond motifs is 1. The van der Waals surface area contributed by atoms with Crippen molar-refractivity contribution in [2.24, 2.45) is 7.05 Å². The van der Waals surface area contributed by atoms with E-state index < -0.39 is 0 Å². The molecule has 1 N–H and O–H groups in total. The van der Waals surface area contributed by atoms with E-state index >= 15 is 0 Å².